The summed E-state index contributed by atoms with van der Waals surface area (Å²) in [4.78, 5) is 36.5. The summed E-state index contributed by atoms with van der Waals surface area (Å²) in [7, 11) is 0. The molecule has 0 aliphatic carbocycles. The van der Waals surface area contributed by atoms with E-state index in [-0.39, 0.29) is 0 Å². The van der Waals surface area contributed by atoms with Crippen molar-refractivity contribution in [3.05, 3.63) is 32.6 Å². The van der Waals surface area contributed by atoms with Gasteiger partial charge in [0, 0.05) is 12.7 Å². The van der Waals surface area contributed by atoms with Crippen molar-refractivity contribution in [3.63, 3.8) is 0 Å². The lowest BCUT2D eigenvalue weighted by Crippen LogP contribution is -2.62. The largest absolute Gasteiger partial charge is 0.477 e. The van der Waals surface area contributed by atoms with Crippen LogP contribution >= 0.6 is 0 Å². The molecule has 2 heterocycles. The number of H-pyrrole nitrogens is 1. The molecule has 1 aromatic heterocycles. The molecule has 1 saturated heterocycles. The summed E-state index contributed by atoms with van der Waals surface area (Å²) in [6.07, 6.45) is -2.19. The van der Waals surface area contributed by atoms with Crippen molar-refractivity contribution in [2.24, 2.45) is 5.73 Å². The Morgan fingerprint density at radius 2 is 2.13 bits per heavy atom. The molecule has 0 bridgehead atoms. The second kappa shape index (κ2) is 5.54. The monoisotopic (exact) mass is 331 g/mol. The number of aliphatic hydroxyl groups excluding tert-OH is 2. The Hall–Kier alpha value is -2.05. The number of carboxylic acid groups (broad SMARTS) is 1. The average molecular weight is 331 g/mol. The fourth-order valence-electron chi connectivity index (χ4n) is 2.71. The number of hydrogen-bond acceptors (Lipinski definition) is 8. The minimum absolute atomic E-state index is 0.543. The maximum absolute atomic E-state index is 12.1. The predicted molar refractivity (Wildman–Crippen MR) is 73.9 cm³/mol. The minimum Gasteiger partial charge on any atom is -0.477 e. The van der Waals surface area contributed by atoms with E-state index in [2.05, 4.69) is 0 Å². The number of nitrogens with one attached hydrogen (secondary N) is 1. The van der Waals surface area contributed by atoms with Gasteiger partial charge in [0.05, 0.1) is 6.61 Å². The third-order valence-corrected chi connectivity index (χ3v) is 4.08. The lowest BCUT2D eigenvalue weighted by atomic mass is 9.87. The van der Waals surface area contributed by atoms with Gasteiger partial charge in [-0.05, 0) is 6.92 Å². The zero-order valence-corrected chi connectivity index (χ0v) is 12.1. The third kappa shape index (κ3) is 2.29. The molecule has 1 aliphatic heterocycles. The number of carboxylic acids is 1. The van der Waals surface area contributed by atoms with Crippen LogP contribution in [0.5, 0.6) is 0 Å². The van der Waals surface area contributed by atoms with E-state index in [4.69, 9.17) is 15.6 Å². The highest BCUT2D eigenvalue weighted by atomic mass is 16.6. The molecule has 11 nitrogen and oxygen atoms in total. The summed E-state index contributed by atoms with van der Waals surface area (Å²) < 4.78 is 6.00. The first-order chi connectivity index (χ1) is 10.6. The van der Waals surface area contributed by atoms with E-state index < -0.39 is 59.5 Å². The van der Waals surface area contributed by atoms with Gasteiger partial charge in [0.2, 0.25) is 0 Å². The Labute approximate surface area is 128 Å². The van der Waals surface area contributed by atoms with Crippen LogP contribution in [0.25, 0.3) is 0 Å². The van der Waals surface area contributed by atoms with Gasteiger partial charge in [-0.2, -0.15) is 0 Å². The number of nitrogens with zero attached hydrogens (tertiary/aromatic N) is 1. The number of hydrogen-bond donors (Lipinski definition) is 6. The van der Waals surface area contributed by atoms with Crippen molar-refractivity contribution in [1.29, 1.82) is 0 Å². The van der Waals surface area contributed by atoms with Crippen molar-refractivity contribution < 1.29 is 30.0 Å². The second-order valence-corrected chi connectivity index (χ2v) is 5.40. The molecule has 128 valence electrons. The SMILES string of the molecule is C[C@@]1(O)[C@H](O)[C@@H](CO)O[C@@]1(CN)n1cc(C(=O)O)c(=O)[nH]c1=O. The molecule has 0 aromatic carbocycles. The van der Waals surface area contributed by atoms with E-state index in [0.29, 0.717) is 10.8 Å². The van der Waals surface area contributed by atoms with Crippen LogP contribution in [-0.2, 0) is 10.5 Å². The fourth-order valence-corrected chi connectivity index (χ4v) is 2.71. The first kappa shape index (κ1) is 17.3. The molecule has 7 N–H and O–H groups in total. The van der Waals surface area contributed by atoms with Gasteiger partial charge < -0.3 is 30.9 Å². The van der Waals surface area contributed by atoms with Crippen molar-refractivity contribution >= 4 is 5.97 Å². The van der Waals surface area contributed by atoms with Crippen molar-refractivity contribution in [3.8, 4) is 0 Å². The molecule has 0 spiro atoms. The van der Waals surface area contributed by atoms with Crippen molar-refractivity contribution in [2.45, 2.75) is 30.5 Å². The smallest absolute Gasteiger partial charge is 0.342 e. The molecule has 23 heavy (non-hydrogen) atoms. The number of nitrogens with two attached hydrogens (primary N) is 1. The van der Waals surface area contributed by atoms with Crippen LogP contribution in [0, 0.1) is 0 Å². The number of carbonyl (C=O) groups is 1. The van der Waals surface area contributed by atoms with E-state index in [1.165, 1.54) is 0 Å². The van der Waals surface area contributed by atoms with Gasteiger partial charge in [-0.15, -0.1) is 0 Å². The van der Waals surface area contributed by atoms with Gasteiger partial charge >= 0.3 is 11.7 Å². The van der Waals surface area contributed by atoms with E-state index in [9.17, 15) is 29.7 Å². The molecule has 1 aliphatic rings. The van der Waals surface area contributed by atoms with Crippen molar-refractivity contribution in [1.82, 2.24) is 9.55 Å². The predicted octanol–water partition coefficient (Wildman–Crippen LogP) is -3.65. The quantitative estimate of drug-likeness (QED) is 0.323. The summed E-state index contributed by atoms with van der Waals surface area (Å²) >= 11 is 0. The Balaban J connectivity index is 2.76. The van der Waals surface area contributed by atoms with E-state index in [0.717, 1.165) is 6.92 Å². The fraction of sp³-hybridized carbons (Fsp3) is 0.583. The van der Waals surface area contributed by atoms with Gasteiger partial charge in [0.15, 0.2) is 5.72 Å². The molecule has 0 amide bonds. The summed E-state index contributed by atoms with van der Waals surface area (Å²) in [5.41, 5.74) is -1.61. The highest BCUT2D eigenvalue weighted by Crippen LogP contribution is 2.42. The van der Waals surface area contributed by atoms with Crippen LogP contribution in [0.4, 0.5) is 0 Å². The van der Waals surface area contributed by atoms with Crippen LogP contribution in [0.2, 0.25) is 0 Å². The average Bonchev–Trinajstić information content (AvgIpc) is 2.67. The topological polar surface area (TPSA) is 188 Å². The Bertz CT molecular complexity index is 739. The standard InChI is InChI=1S/C12H17N3O8/c1-11(22)7(17)6(3-16)23-12(11,4-13)15-2-5(9(19)20)8(18)14-10(15)21/h2,6-7,16-17,22H,3-4,13H2,1H3,(H,19,20)(H,14,18,21)/t6-,7-,11-,12-/m1/s1. The molecule has 0 radical (unpaired) electrons. The second-order valence-electron chi connectivity index (χ2n) is 5.40. The highest BCUT2D eigenvalue weighted by Gasteiger charge is 2.63. The Morgan fingerprint density at radius 3 is 2.57 bits per heavy atom. The van der Waals surface area contributed by atoms with Crippen molar-refractivity contribution in [2.75, 3.05) is 13.2 Å². The van der Waals surface area contributed by atoms with Crippen LogP contribution in [-0.4, -0.2) is 66.9 Å². The Morgan fingerprint density at radius 1 is 1.52 bits per heavy atom. The molecular formula is C12H17N3O8. The maximum Gasteiger partial charge on any atom is 0.342 e. The third-order valence-electron chi connectivity index (χ3n) is 4.08. The van der Waals surface area contributed by atoms with E-state index in [1.807, 2.05) is 0 Å². The molecule has 1 fully saturated rings. The molecule has 0 saturated carbocycles. The Kier molecular flexibility index (Phi) is 4.17. The van der Waals surface area contributed by atoms with E-state index in [1.54, 1.807) is 4.98 Å². The zero-order valence-electron chi connectivity index (χ0n) is 12.1. The number of rotatable bonds is 4. The summed E-state index contributed by atoms with van der Waals surface area (Å²) in [6.45, 7) is -0.0975. The minimum atomic E-state index is -2.15. The number of ether oxygens (including phenoxy) is 1. The zero-order chi connectivity index (χ0) is 17.6. The molecule has 2 rings (SSSR count). The molecule has 1 aromatic rings. The molecule has 0 unspecified atom stereocenters. The van der Waals surface area contributed by atoms with Gasteiger partial charge in [-0.1, -0.05) is 0 Å². The van der Waals surface area contributed by atoms with E-state index >= 15 is 0 Å². The summed E-state index contributed by atoms with van der Waals surface area (Å²) in [5.74, 6) is -1.61. The lowest BCUT2D eigenvalue weighted by molar-refractivity contribution is -0.184. The van der Waals surface area contributed by atoms with Crippen LogP contribution < -0.4 is 17.0 Å². The van der Waals surface area contributed by atoms with Crippen LogP contribution in [0.15, 0.2) is 15.8 Å². The normalized spacial score (nSPS) is 33.8. The van der Waals surface area contributed by atoms with Gasteiger partial charge in [0.25, 0.3) is 5.56 Å². The molecule has 4 atom stereocenters. The molecule has 11 heteroatoms. The summed E-state index contributed by atoms with van der Waals surface area (Å²) in [6, 6.07) is 0. The maximum atomic E-state index is 12.1. The number of aliphatic hydroxyl groups is 3. The van der Waals surface area contributed by atoms with Gasteiger partial charge in [-0.3, -0.25) is 14.3 Å². The number of aromatic carboxylic acids is 1. The first-order valence-electron chi connectivity index (χ1n) is 6.61. The van der Waals surface area contributed by atoms with Crippen LogP contribution in [0.1, 0.15) is 17.3 Å². The van der Waals surface area contributed by atoms with Gasteiger partial charge in [-0.25, -0.2) is 9.59 Å². The highest BCUT2D eigenvalue weighted by molar-refractivity contribution is 5.86. The number of aromatic nitrogens is 2. The first-order valence-corrected chi connectivity index (χ1v) is 6.61. The molecular weight excluding hydrogens is 314 g/mol. The lowest BCUT2D eigenvalue weighted by Gasteiger charge is -2.39. The summed E-state index contributed by atoms with van der Waals surface area (Å²) in [5, 5.41) is 38.9. The van der Waals surface area contributed by atoms with Crippen LogP contribution in [0.3, 0.4) is 0 Å². The van der Waals surface area contributed by atoms with Gasteiger partial charge in [0.1, 0.15) is 23.4 Å². The number of aromatic amines is 1.